The van der Waals surface area contributed by atoms with Gasteiger partial charge in [-0.3, -0.25) is 9.69 Å². The van der Waals surface area contributed by atoms with Crippen molar-refractivity contribution in [3.63, 3.8) is 0 Å². The highest BCUT2D eigenvalue weighted by molar-refractivity contribution is 7.16. The molecule has 1 saturated carbocycles. The van der Waals surface area contributed by atoms with Crippen LogP contribution in [-0.2, 0) is 13.0 Å². The minimum Gasteiger partial charge on any atom is -0.297 e. The molecule has 0 bridgehead atoms. The molecular weight excluding hydrogens is 308 g/mol. The van der Waals surface area contributed by atoms with Gasteiger partial charge in [-0.1, -0.05) is 37.5 Å². The third-order valence-electron chi connectivity index (χ3n) is 5.40. The van der Waals surface area contributed by atoms with Gasteiger partial charge in [0.25, 0.3) is 5.56 Å². The molecule has 124 valence electrons. The summed E-state index contributed by atoms with van der Waals surface area (Å²) in [7, 11) is 0. The highest BCUT2D eigenvalue weighted by atomic mass is 32.1. The molecule has 0 aromatic carbocycles. The zero-order valence-corrected chi connectivity index (χ0v) is 14.5. The summed E-state index contributed by atoms with van der Waals surface area (Å²) >= 11 is 1.53. The van der Waals surface area contributed by atoms with Gasteiger partial charge in [-0.2, -0.15) is 9.61 Å². The molecular formula is C17H24N4OS. The van der Waals surface area contributed by atoms with Gasteiger partial charge in [0, 0.05) is 19.2 Å². The molecule has 5 nitrogen and oxygen atoms in total. The second-order valence-electron chi connectivity index (χ2n) is 6.96. The number of fused-ring (bicyclic) bond motifs is 2. The first-order valence-corrected chi connectivity index (χ1v) is 9.65. The molecule has 2 atom stereocenters. The van der Waals surface area contributed by atoms with Gasteiger partial charge < -0.3 is 0 Å². The number of piperidine rings is 1. The van der Waals surface area contributed by atoms with Crippen LogP contribution >= 0.6 is 11.3 Å². The molecule has 1 aliphatic carbocycles. The van der Waals surface area contributed by atoms with Crippen molar-refractivity contribution in [3.05, 3.63) is 27.1 Å². The topological polar surface area (TPSA) is 50.5 Å². The highest BCUT2D eigenvalue weighted by Gasteiger charge is 2.31. The molecule has 3 heterocycles. The summed E-state index contributed by atoms with van der Waals surface area (Å²) < 4.78 is 1.44. The van der Waals surface area contributed by atoms with Gasteiger partial charge in [0.1, 0.15) is 5.01 Å². The molecule has 0 N–H and O–H groups in total. The lowest BCUT2D eigenvalue weighted by atomic mass is 9.75. The van der Waals surface area contributed by atoms with Crippen molar-refractivity contribution in [1.82, 2.24) is 19.5 Å². The Hall–Kier alpha value is -1.27. The first-order valence-electron chi connectivity index (χ1n) is 8.84. The van der Waals surface area contributed by atoms with E-state index in [1.54, 1.807) is 6.07 Å². The van der Waals surface area contributed by atoms with Crippen LogP contribution in [0.15, 0.2) is 10.9 Å². The minimum atomic E-state index is -0.0477. The number of aryl methyl sites for hydroxylation is 1. The smallest absolute Gasteiger partial charge is 0.275 e. The lowest BCUT2D eigenvalue weighted by Gasteiger charge is -2.41. The lowest BCUT2D eigenvalue weighted by molar-refractivity contribution is 0.0812. The normalized spacial score (nSPS) is 25.6. The van der Waals surface area contributed by atoms with E-state index in [9.17, 15) is 4.79 Å². The van der Waals surface area contributed by atoms with E-state index in [4.69, 9.17) is 0 Å². The Kier molecular flexibility index (Phi) is 4.20. The highest BCUT2D eigenvalue weighted by Crippen LogP contribution is 2.36. The molecule has 2 aromatic heterocycles. The van der Waals surface area contributed by atoms with Crippen molar-refractivity contribution >= 4 is 16.3 Å². The summed E-state index contributed by atoms with van der Waals surface area (Å²) in [5.74, 6) is 1.80. The molecule has 0 amide bonds. The van der Waals surface area contributed by atoms with E-state index in [0.717, 1.165) is 47.0 Å². The van der Waals surface area contributed by atoms with Crippen LogP contribution < -0.4 is 5.56 Å². The maximum Gasteiger partial charge on any atom is 0.275 e. The summed E-state index contributed by atoms with van der Waals surface area (Å²) in [5.41, 5.74) is 0.851. The SMILES string of the molecule is CCc1nn2c(=O)cc(CN3CC[C@@H]4CCCC[C@H]4C3)nc2s1. The van der Waals surface area contributed by atoms with E-state index < -0.39 is 0 Å². The Morgan fingerprint density at radius 2 is 2.09 bits per heavy atom. The Labute approximate surface area is 140 Å². The van der Waals surface area contributed by atoms with E-state index >= 15 is 0 Å². The molecule has 1 saturated heterocycles. The van der Waals surface area contributed by atoms with Crippen LogP contribution in [0.4, 0.5) is 0 Å². The van der Waals surface area contributed by atoms with Crippen LogP contribution in [0.25, 0.3) is 4.96 Å². The monoisotopic (exact) mass is 332 g/mol. The fraction of sp³-hybridized carbons (Fsp3) is 0.706. The van der Waals surface area contributed by atoms with Crippen molar-refractivity contribution in [2.75, 3.05) is 13.1 Å². The predicted octanol–water partition coefficient (Wildman–Crippen LogP) is 2.73. The summed E-state index contributed by atoms with van der Waals surface area (Å²) in [4.78, 5) is 20.2. The predicted molar refractivity (Wildman–Crippen MR) is 91.9 cm³/mol. The van der Waals surface area contributed by atoms with Gasteiger partial charge in [0.05, 0.1) is 5.69 Å². The molecule has 2 aromatic rings. The zero-order chi connectivity index (χ0) is 15.8. The largest absolute Gasteiger partial charge is 0.297 e. The van der Waals surface area contributed by atoms with Crippen molar-refractivity contribution in [2.45, 2.75) is 52.0 Å². The van der Waals surface area contributed by atoms with Crippen LogP contribution in [0.3, 0.4) is 0 Å². The van der Waals surface area contributed by atoms with Crippen LogP contribution in [0.2, 0.25) is 0 Å². The fourth-order valence-electron chi connectivity index (χ4n) is 4.17. The zero-order valence-electron chi connectivity index (χ0n) is 13.7. The van der Waals surface area contributed by atoms with E-state index in [-0.39, 0.29) is 5.56 Å². The van der Waals surface area contributed by atoms with Gasteiger partial charge in [-0.05, 0) is 37.6 Å². The van der Waals surface area contributed by atoms with Gasteiger partial charge in [0.2, 0.25) is 4.96 Å². The number of likely N-dealkylation sites (tertiary alicyclic amines) is 1. The second kappa shape index (κ2) is 6.32. The van der Waals surface area contributed by atoms with Crippen molar-refractivity contribution in [2.24, 2.45) is 11.8 Å². The van der Waals surface area contributed by atoms with Gasteiger partial charge >= 0.3 is 0 Å². The molecule has 0 unspecified atom stereocenters. The minimum absolute atomic E-state index is 0.0477. The van der Waals surface area contributed by atoms with E-state index in [0.29, 0.717) is 0 Å². The number of nitrogens with zero attached hydrogens (tertiary/aromatic N) is 4. The molecule has 0 spiro atoms. The maximum atomic E-state index is 12.2. The number of rotatable bonds is 3. The standard InChI is InChI=1S/C17H24N4OS/c1-2-15-19-21-16(22)9-14(18-17(21)23-15)11-20-8-7-12-5-3-4-6-13(12)10-20/h9,12-13H,2-8,10-11H2,1H3/t12-,13-/m0/s1. The third-order valence-corrected chi connectivity index (χ3v) is 6.46. The van der Waals surface area contributed by atoms with Gasteiger partial charge in [-0.15, -0.1) is 0 Å². The van der Waals surface area contributed by atoms with Crippen LogP contribution in [-0.4, -0.2) is 32.6 Å². The first-order chi connectivity index (χ1) is 11.2. The van der Waals surface area contributed by atoms with Crippen molar-refractivity contribution < 1.29 is 0 Å². The average Bonchev–Trinajstić information content (AvgIpc) is 2.98. The number of aromatic nitrogens is 3. The Balaban J connectivity index is 1.52. The Morgan fingerprint density at radius 3 is 2.91 bits per heavy atom. The van der Waals surface area contributed by atoms with Crippen molar-refractivity contribution in [1.29, 1.82) is 0 Å². The van der Waals surface area contributed by atoms with E-state index in [1.165, 1.54) is 54.5 Å². The molecule has 4 rings (SSSR count). The second-order valence-corrected chi connectivity index (χ2v) is 8.00. The molecule has 6 heteroatoms. The fourth-order valence-corrected chi connectivity index (χ4v) is 5.03. The van der Waals surface area contributed by atoms with E-state index in [1.807, 2.05) is 0 Å². The van der Waals surface area contributed by atoms with Crippen LogP contribution in [0.1, 0.15) is 49.7 Å². The molecule has 2 fully saturated rings. The number of hydrogen-bond acceptors (Lipinski definition) is 5. The third kappa shape index (κ3) is 3.06. The van der Waals surface area contributed by atoms with E-state index in [2.05, 4.69) is 21.9 Å². The molecule has 1 aliphatic heterocycles. The quantitative estimate of drug-likeness (QED) is 0.867. The van der Waals surface area contributed by atoms with Crippen molar-refractivity contribution in [3.8, 4) is 0 Å². The lowest BCUT2D eigenvalue weighted by Crippen LogP contribution is -2.41. The Bertz CT molecular complexity index is 753. The molecule has 23 heavy (non-hydrogen) atoms. The van der Waals surface area contributed by atoms with Gasteiger partial charge in [-0.25, -0.2) is 4.98 Å². The van der Waals surface area contributed by atoms with Crippen LogP contribution in [0, 0.1) is 11.8 Å². The summed E-state index contributed by atoms with van der Waals surface area (Å²) in [6.07, 6.45) is 7.77. The summed E-state index contributed by atoms with van der Waals surface area (Å²) in [6, 6.07) is 1.67. The first kappa shape index (κ1) is 15.3. The Morgan fingerprint density at radius 1 is 1.26 bits per heavy atom. The number of hydrogen-bond donors (Lipinski definition) is 0. The summed E-state index contributed by atoms with van der Waals surface area (Å²) in [5, 5.41) is 5.29. The average molecular weight is 332 g/mol. The van der Waals surface area contributed by atoms with Crippen LogP contribution in [0.5, 0.6) is 0 Å². The molecule has 0 radical (unpaired) electrons. The molecule has 2 aliphatic rings. The maximum absolute atomic E-state index is 12.2. The summed E-state index contributed by atoms with van der Waals surface area (Å²) in [6.45, 7) is 5.17. The van der Waals surface area contributed by atoms with Gasteiger partial charge in [0.15, 0.2) is 0 Å².